The standard InChI is InChI=1S/C13H18N4O2.2ClH/c1-17-11-6-4-3-5-10(11)16-12(17)7-15-13(18)9(14)8-19-2;;/h3-6,9H,7-8,14H2,1-2H3,(H,15,18);2*1H. The van der Waals surface area contributed by atoms with Crippen molar-refractivity contribution in [2.75, 3.05) is 13.7 Å². The number of imidazole rings is 1. The average Bonchev–Trinajstić information content (AvgIpc) is 2.73. The van der Waals surface area contributed by atoms with Crippen LogP contribution in [0.4, 0.5) is 0 Å². The summed E-state index contributed by atoms with van der Waals surface area (Å²) in [6.45, 7) is 0.551. The zero-order chi connectivity index (χ0) is 13.8. The number of aryl methyl sites for hydroxylation is 1. The molecule has 8 heteroatoms. The lowest BCUT2D eigenvalue weighted by Crippen LogP contribution is -2.43. The van der Waals surface area contributed by atoms with E-state index in [1.165, 1.54) is 7.11 Å². The van der Waals surface area contributed by atoms with Crippen LogP contribution in [0.15, 0.2) is 24.3 Å². The van der Waals surface area contributed by atoms with Gasteiger partial charge >= 0.3 is 0 Å². The highest BCUT2D eigenvalue weighted by Gasteiger charge is 2.14. The van der Waals surface area contributed by atoms with Crippen molar-refractivity contribution in [1.29, 1.82) is 0 Å². The average molecular weight is 335 g/mol. The molecule has 2 rings (SSSR count). The number of hydrogen-bond donors (Lipinski definition) is 2. The lowest BCUT2D eigenvalue weighted by atomic mass is 10.3. The topological polar surface area (TPSA) is 82.2 Å². The van der Waals surface area contributed by atoms with Gasteiger partial charge in [-0.05, 0) is 12.1 Å². The number of rotatable bonds is 5. The summed E-state index contributed by atoms with van der Waals surface area (Å²) >= 11 is 0. The molecule has 1 aromatic heterocycles. The fourth-order valence-electron chi connectivity index (χ4n) is 1.91. The van der Waals surface area contributed by atoms with Crippen molar-refractivity contribution < 1.29 is 9.53 Å². The summed E-state index contributed by atoms with van der Waals surface area (Å²) in [5, 5.41) is 2.76. The molecule has 0 saturated carbocycles. The number of methoxy groups -OCH3 is 1. The van der Waals surface area contributed by atoms with Crippen molar-refractivity contribution in [2.24, 2.45) is 12.8 Å². The minimum absolute atomic E-state index is 0. The number of para-hydroxylation sites is 2. The third kappa shape index (κ3) is 4.57. The molecule has 1 atom stereocenters. The van der Waals surface area contributed by atoms with Crippen LogP contribution in [-0.2, 0) is 23.1 Å². The number of carbonyl (C=O) groups excluding carboxylic acids is 1. The van der Waals surface area contributed by atoms with Crippen LogP contribution in [0.2, 0.25) is 0 Å². The van der Waals surface area contributed by atoms with Crippen molar-refractivity contribution >= 4 is 41.8 Å². The number of nitrogens with zero attached hydrogens (tertiary/aromatic N) is 2. The van der Waals surface area contributed by atoms with Crippen LogP contribution in [0.3, 0.4) is 0 Å². The largest absolute Gasteiger partial charge is 0.383 e. The second kappa shape index (κ2) is 8.84. The molecule has 1 unspecified atom stereocenters. The number of ether oxygens (including phenoxy) is 1. The van der Waals surface area contributed by atoms with Gasteiger partial charge in [-0.25, -0.2) is 4.98 Å². The van der Waals surface area contributed by atoms with Gasteiger partial charge in [0.05, 0.1) is 24.2 Å². The Morgan fingerprint density at radius 1 is 1.43 bits per heavy atom. The molecule has 0 spiro atoms. The molecule has 2 aromatic rings. The van der Waals surface area contributed by atoms with Crippen molar-refractivity contribution in [3.05, 3.63) is 30.1 Å². The molecular weight excluding hydrogens is 315 g/mol. The monoisotopic (exact) mass is 334 g/mol. The molecule has 21 heavy (non-hydrogen) atoms. The summed E-state index contributed by atoms with van der Waals surface area (Å²) in [6, 6.07) is 7.18. The number of amides is 1. The van der Waals surface area contributed by atoms with E-state index in [0.717, 1.165) is 16.9 Å². The van der Waals surface area contributed by atoms with Gasteiger partial charge in [0.1, 0.15) is 11.9 Å². The Labute approximate surface area is 135 Å². The summed E-state index contributed by atoms with van der Waals surface area (Å²) in [7, 11) is 3.44. The number of nitrogens with two attached hydrogens (primary N) is 1. The Bertz CT molecular complexity index is 589. The van der Waals surface area contributed by atoms with Crippen LogP contribution < -0.4 is 11.1 Å². The van der Waals surface area contributed by atoms with E-state index < -0.39 is 6.04 Å². The molecule has 0 aliphatic rings. The van der Waals surface area contributed by atoms with Gasteiger partial charge < -0.3 is 20.4 Å². The first-order chi connectivity index (χ1) is 9.13. The number of nitrogens with one attached hydrogen (secondary N) is 1. The van der Waals surface area contributed by atoms with Crippen LogP contribution in [0.1, 0.15) is 5.82 Å². The highest BCUT2D eigenvalue weighted by molar-refractivity contribution is 5.85. The van der Waals surface area contributed by atoms with Crippen molar-refractivity contribution in [1.82, 2.24) is 14.9 Å². The van der Waals surface area contributed by atoms with Crippen molar-refractivity contribution in [2.45, 2.75) is 12.6 Å². The molecule has 0 bridgehead atoms. The normalized spacial score (nSPS) is 11.4. The van der Waals surface area contributed by atoms with Crippen LogP contribution in [0, 0.1) is 0 Å². The Morgan fingerprint density at radius 3 is 2.71 bits per heavy atom. The molecule has 1 amide bonds. The molecular formula is C13H20Cl2N4O2. The maximum atomic E-state index is 11.7. The quantitative estimate of drug-likeness (QED) is 0.854. The number of fused-ring (bicyclic) bond motifs is 1. The summed E-state index contributed by atoms with van der Waals surface area (Å²) in [4.78, 5) is 16.1. The number of carbonyl (C=O) groups is 1. The van der Waals surface area contributed by atoms with Gasteiger partial charge in [0, 0.05) is 14.2 Å². The molecule has 118 valence electrons. The van der Waals surface area contributed by atoms with E-state index in [-0.39, 0.29) is 37.3 Å². The smallest absolute Gasteiger partial charge is 0.239 e. The van der Waals surface area contributed by atoms with E-state index in [1.807, 2.05) is 35.9 Å². The highest BCUT2D eigenvalue weighted by Crippen LogP contribution is 2.13. The summed E-state index contributed by atoms with van der Waals surface area (Å²) < 4.78 is 6.80. The molecule has 0 aliphatic carbocycles. The van der Waals surface area contributed by atoms with Gasteiger partial charge in [0.15, 0.2) is 0 Å². The van der Waals surface area contributed by atoms with Gasteiger partial charge in [-0.3, -0.25) is 4.79 Å². The zero-order valence-corrected chi connectivity index (χ0v) is 13.5. The van der Waals surface area contributed by atoms with E-state index in [9.17, 15) is 4.79 Å². The summed E-state index contributed by atoms with van der Waals surface area (Å²) in [5.41, 5.74) is 7.59. The summed E-state index contributed by atoms with van der Waals surface area (Å²) in [6.07, 6.45) is 0. The molecule has 0 fully saturated rings. The van der Waals surface area contributed by atoms with Gasteiger partial charge in [-0.15, -0.1) is 24.8 Å². The second-order valence-electron chi connectivity index (χ2n) is 4.36. The minimum atomic E-state index is -0.653. The van der Waals surface area contributed by atoms with Gasteiger partial charge in [-0.2, -0.15) is 0 Å². The van der Waals surface area contributed by atoms with Crippen LogP contribution >= 0.6 is 24.8 Å². The first-order valence-corrected chi connectivity index (χ1v) is 6.06. The van der Waals surface area contributed by atoms with Crippen LogP contribution in [-0.4, -0.2) is 35.2 Å². The fourth-order valence-corrected chi connectivity index (χ4v) is 1.91. The van der Waals surface area contributed by atoms with Crippen LogP contribution in [0.5, 0.6) is 0 Å². The maximum absolute atomic E-state index is 11.7. The third-order valence-electron chi connectivity index (χ3n) is 2.98. The number of hydrogen-bond acceptors (Lipinski definition) is 4. The zero-order valence-electron chi connectivity index (χ0n) is 11.9. The molecule has 0 aliphatic heterocycles. The molecule has 0 radical (unpaired) electrons. The Kier molecular flexibility index (Phi) is 8.27. The molecule has 3 N–H and O–H groups in total. The first-order valence-electron chi connectivity index (χ1n) is 6.06. The molecule has 1 heterocycles. The van der Waals surface area contributed by atoms with Gasteiger partial charge in [0.2, 0.25) is 5.91 Å². The lowest BCUT2D eigenvalue weighted by molar-refractivity contribution is -0.123. The molecule has 6 nitrogen and oxygen atoms in total. The predicted octanol–water partition coefficient (Wildman–Crippen LogP) is 1.01. The van der Waals surface area contributed by atoms with Gasteiger partial charge in [-0.1, -0.05) is 12.1 Å². The highest BCUT2D eigenvalue weighted by atomic mass is 35.5. The summed E-state index contributed by atoms with van der Waals surface area (Å²) in [5.74, 6) is 0.549. The Morgan fingerprint density at radius 2 is 2.10 bits per heavy atom. The lowest BCUT2D eigenvalue weighted by Gasteiger charge is -2.11. The second-order valence-corrected chi connectivity index (χ2v) is 4.36. The van der Waals surface area contributed by atoms with E-state index in [4.69, 9.17) is 10.5 Å². The maximum Gasteiger partial charge on any atom is 0.239 e. The van der Waals surface area contributed by atoms with Crippen molar-refractivity contribution in [3.8, 4) is 0 Å². The Hall–Kier alpha value is -1.34. The van der Waals surface area contributed by atoms with E-state index in [2.05, 4.69) is 10.3 Å². The van der Waals surface area contributed by atoms with Crippen LogP contribution in [0.25, 0.3) is 11.0 Å². The first kappa shape index (κ1) is 19.7. The van der Waals surface area contributed by atoms with E-state index in [1.54, 1.807) is 0 Å². The third-order valence-corrected chi connectivity index (χ3v) is 2.98. The Balaban J connectivity index is 0.00000200. The number of benzene rings is 1. The number of aromatic nitrogens is 2. The SMILES string of the molecule is COCC(N)C(=O)NCc1nc2ccccc2n1C.Cl.Cl. The fraction of sp³-hybridized carbons (Fsp3) is 0.385. The van der Waals surface area contributed by atoms with Gasteiger partial charge in [0.25, 0.3) is 0 Å². The molecule has 0 saturated heterocycles. The molecule has 1 aromatic carbocycles. The predicted molar refractivity (Wildman–Crippen MR) is 86.9 cm³/mol. The van der Waals surface area contributed by atoms with E-state index in [0.29, 0.717) is 6.54 Å². The number of halogens is 2. The van der Waals surface area contributed by atoms with Crippen molar-refractivity contribution in [3.63, 3.8) is 0 Å². The van der Waals surface area contributed by atoms with E-state index >= 15 is 0 Å². The minimum Gasteiger partial charge on any atom is -0.383 e.